The molecular weight excluding hydrogens is 418 g/mol. The first-order valence-corrected chi connectivity index (χ1v) is 11.1. The molecule has 4 rings (SSSR count). The molecule has 0 fully saturated rings. The van der Waals surface area contributed by atoms with Crippen molar-refractivity contribution in [2.75, 3.05) is 14.2 Å². The predicted molar refractivity (Wildman–Crippen MR) is 125 cm³/mol. The van der Waals surface area contributed by atoms with E-state index in [1.165, 1.54) is 12.7 Å². The van der Waals surface area contributed by atoms with E-state index >= 15 is 0 Å². The Labute approximate surface area is 194 Å². The summed E-state index contributed by atoms with van der Waals surface area (Å²) < 4.78 is 16.7. The number of aryl methyl sites for hydroxylation is 1. The Balaban J connectivity index is 1.71. The minimum absolute atomic E-state index is 0.0568. The van der Waals surface area contributed by atoms with Gasteiger partial charge in [-0.05, 0) is 49.9 Å². The number of ketones is 1. The molecule has 6 heteroatoms. The Hall–Kier alpha value is -3.54. The van der Waals surface area contributed by atoms with Gasteiger partial charge in [0.2, 0.25) is 0 Å². The number of allylic oxidation sites excluding steroid dienone is 3. The molecule has 0 amide bonds. The minimum Gasteiger partial charge on any atom is -0.493 e. The van der Waals surface area contributed by atoms with Gasteiger partial charge in [-0.2, -0.15) is 0 Å². The van der Waals surface area contributed by atoms with Crippen LogP contribution in [0.15, 0.2) is 65.0 Å². The molecule has 1 atom stereocenters. The fraction of sp³-hybridized carbons (Fsp3) is 0.333. The molecule has 1 heterocycles. The summed E-state index contributed by atoms with van der Waals surface area (Å²) in [5.74, 6) is 0.238. The summed E-state index contributed by atoms with van der Waals surface area (Å²) in [6.45, 7) is 4.30. The van der Waals surface area contributed by atoms with Crippen molar-refractivity contribution in [3.63, 3.8) is 0 Å². The molecule has 0 radical (unpaired) electrons. The molecule has 0 bridgehead atoms. The number of hydrogen-bond donors (Lipinski definition) is 1. The topological polar surface area (TPSA) is 73.9 Å². The summed E-state index contributed by atoms with van der Waals surface area (Å²) in [4.78, 5) is 25.7. The lowest BCUT2D eigenvalue weighted by Crippen LogP contribution is -2.34. The Morgan fingerprint density at radius 2 is 1.79 bits per heavy atom. The highest BCUT2D eigenvalue weighted by Gasteiger charge is 2.39. The average molecular weight is 448 g/mol. The molecule has 172 valence electrons. The smallest absolute Gasteiger partial charge is 0.336 e. The van der Waals surface area contributed by atoms with E-state index < -0.39 is 11.9 Å². The fourth-order valence-corrected chi connectivity index (χ4v) is 4.53. The lowest BCUT2D eigenvalue weighted by molar-refractivity contribution is -0.136. The van der Waals surface area contributed by atoms with Crippen LogP contribution in [-0.4, -0.2) is 26.0 Å². The van der Waals surface area contributed by atoms with Crippen LogP contribution in [-0.2, 0) is 20.9 Å². The molecule has 1 aliphatic heterocycles. The number of esters is 1. The third-order valence-corrected chi connectivity index (χ3v) is 6.22. The van der Waals surface area contributed by atoms with Crippen molar-refractivity contribution >= 4 is 11.8 Å². The van der Waals surface area contributed by atoms with Crippen molar-refractivity contribution in [3.05, 3.63) is 81.7 Å². The van der Waals surface area contributed by atoms with Crippen LogP contribution in [0, 0.1) is 6.92 Å². The van der Waals surface area contributed by atoms with E-state index in [1.807, 2.05) is 56.3 Å². The molecule has 6 nitrogen and oxygen atoms in total. The maximum Gasteiger partial charge on any atom is 0.336 e. The SMILES string of the molecule is COC(=O)C1=C(C)NC2=C(C(=O)CCC2)C1c1ccc(OCc2ccc(C)cc2)c(OC)c1. The molecule has 33 heavy (non-hydrogen) atoms. The van der Waals surface area contributed by atoms with Crippen molar-refractivity contribution in [1.29, 1.82) is 0 Å². The van der Waals surface area contributed by atoms with Gasteiger partial charge in [0.1, 0.15) is 6.61 Å². The number of nitrogens with one attached hydrogen (secondary N) is 1. The first-order chi connectivity index (χ1) is 15.9. The monoisotopic (exact) mass is 447 g/mol. The van der Waals surface area contributed by atoms with E-state index in [1.54, 1.807) is 7.11 Å². The van der Waals surface area contributed by atoms with Crippen LogP contribution in [0.1, 0.15) is 48.8 Å². The lowest BCUT2D eigenvalue weighted by atomic mass is 9.75. The second-order valence-corrected chi connectivity index (χ2v) is 8.44. The molecule has 2 aromatic rings. The number of rotatable bonds is 6. The van der Waals surface area contributed by atoms with Crippen LogP contribution < -0.4 is 14.8 Å². The number of Topliss-reactive ketones (excluding diaryl/α,β-unsaturated/α-hetero) is 1. The van der Waals surface area contributed by atoms with Gasteiger partial charge in [0, 0.05) is 29.3 Å². The van der Waals surface area contributed by atoms with Crippen LogP contribution in [0.2, 0.25) is 0 Å². The van der Waals surface area contributed by atoms with Crippen LogP contribution in [0.3, 0.4) is 0 Å². The number of ether oxygens (including phenoxy) is 3. The van der Waals surface area contributed by atoms with Gasteiger partial charge in [-0.3, -0.25) is 4.79 Å². The number of carbonyl (C=O) groups excluding carboxylic acids is 2. The third kappa shape index (κ3) is 4.51. The maximum absolute atomic E-state index is 13.0. The number of benzene rings is 2. The maximum atomic E-state index is 13.0. The molecule has 0 saturated carbocycles. The minimum atomic E-state index is -0.512. The summed E-state index contributed by atoms with van der Waals surface area (Å²) in [6, 6.07) is 13.7. The number of methoxy groups -OCH3 is 2. The third-order valence-electron chi connectivity index (χ3n) is 6.22. The van der Waals surface area contributed by atoms with Crippen LogP contribution in [0.5, 0.6) is 11.5 Å². The summed E-state index contributed by atoms with van der Waals surface area (Å²) in [7, 11) is 2.94. The van der Waals surface area contributed by atoms with Crippen LogP contribution >= 0.6 is 0 Å². The van der Waals surface area contributed by atoms with Gasteiger partial charge in [0.25, 0.3) is 0 Å². The van der Waals surface area contributed by atoms with Crippen LogP contribution in [0.4, 0.5) is 0 Å². The average Bonchev–Trinajstić information content (AvgIpc) is 2.82. The standard InChI is InChI=1S/C27H29NO5/c1-16-8-10-18(11-9-16)15-33-22-13-12-19(14-23(22)31-3)25-24(27(30)32-4)17(2)28-20-6-5-7-21(29)26(20)25/h8-14,25,28H,5-7,15H2,1-4H3. The van der Waals surface area contributed by atoms with Crippen LogP contribution in [0.25, 0.3) is 0 Å². The zero-order chi connectivity index (χ0) is 23.5. The van der Waals surface area contributed by atoms with Gasteiger partial charge < -0.3 is 19.5 Å². The van der Waals surface area contributed by atoms with Gasteiger partial charge >= 0.3 is 5.97 Å². The van der Waals surface area contributed by atoms with Crippen molar-refractivity contribution in [2.45, 2.75) is 45.6 Å². The Bertz CT molecular complexity index is 1140. The molecule has 1 aliphatic carbocycles. The predicted octanol–water partition coefficient (Wildman–Crippen LogP) is 4.72. The van der Waals surface area contributed by atoms with Crippen molar-refractivity contribution in [2.24, 2.45) is 0 Å². The van der Waals surface area contributed by atoms with E-state index in [2.05, 4.69) is 5.32 Å². The summed E-state index contributed by atoms with van der Waals surface area (Å²) in [5, 5.41) is 3.28. The van der Waals surface area contributed by atoms with Gasteiger partial charge in [0.15, 0.2) is 17.3 Å². The largest absolute Gasteiger partial charge is 0.493 e. The first kappa shape index (κ1) is 22.6. The van der Waals surface area contributed by atoms with Gasteiger partial charge in [-0.1, -0.05) is 35.9 Å². The molecule has 0 spiro atoms. The highest BCUT2D eigenvalue weighted by Crippen LogP contribution is 2.44. The van der Waals surface area contributed by atoms with E-state index in [-0.39, 0.29) is 5.78 Å². The zero-order valence-corrected chi connectivity index (χ0v) is 19.5. The highest BCUT2D eigenvalue weighted by molar-refractivity contribution is 6.03. The van der Waals surface area contributed by atoms with Crippen molar-refractivity contribution < 1.29 is 23.8 Å². The Morgan fingerprint density at radius 3 is 2.48 bits per heavy atom. The van der Waals surface area contributed by atoms with Gasteiger partial charge in [-0.15, -0.1) is 0 Å². The summed E-state index contributed by atoms with van der Waals surface area (Å²) >= 11 is 0. The fourth-order valence-electron chi connectivity index (χ4n) is 4.53. The second-order valence-electron chi connectivity index (χ2n) is 8.44. The number of hydrogen-bond acceptors (Lipinski definition) is 6. The molecule has 2 aliphatic rings. The molecule has 0 aromatic heterocycles. The molecule has 1 N–H and O–H groups in total. The first-order valence-electron chi connectivity index (χ1n) is 11.1. The Kier molecular flexibility index (Phi) is 6.54. The number of carbonyl (C=O) groups is 2. The Morgan fingerprint density at radius 1 is 1.03 bits per heavy atom. The second kappa shape index (κ2) is 9.53. The zero-order valence-electron chi connectivity index (χ0n) is 19.5. The van der Waals surface area contributed by atoms with E-state index in [0.29, 0.717) is 41.4 Å². The van der Waals surface area contributed by atoms with E-state index in [4.69, 9.17) is 14.2 Å². The number of dihydropyridines is 1. The quantitative estimate of drug-likeness (QED) is 0.646. The lowest BCUT2D eigenvalue weighted by Gasteiger charge is -2.34. The van der Waals surface area contributed by atoms with Crippen molar-refractivity contribution in [1.82, 2.24) is 5.32 Å². The molecule has 0 saturated heterocycles. The molecule has 1 unspecified atom stereocenters. The summed E-state index contributed by atoms with van der Waals surface area (Å²) in [6.07, 6.45) is 2.05. The van der Waals surface area contributed by atoms with E-state index in [0.717, 1.165) is 29.7 Å². The normalized spacial score (nSPS) is 17.9. The van der Waals surface area contributed by atoms with Crippen molar-refractivity contribution in [3.8, 4) is 11.5 Å². The van der Waals surface area contributed by atoms with E-state index in [9.17, 15) is 9.59 Å². The van der Waals surface area contributed by atoms with Gasteiger partial charge in [0.05, 0.1) is 19.8 Å². The highest BCUT2D eigenvalue weighted by atomic mass is 16.5. The molecular formula is C27H29NO5. The summed E-state index contributed by atoms with van der Waals surface area (Å²) in [5.41, 5.74) is 5.72. The van der Waals surface area contributed by atoms with Gasteiger partial charge in [-0.25, -0.2) is 4.79 Å². The molecule has 2 aromatic carbocycles.